The van der Waals surface area contributed by atoms with Crippen LogP contribution >= 0.6 is 0 Å². The van der Waals surface area contributed by atoms with Crippen molar-refractivity contribution < 1.29 is 23.8 Å². The molecule has 0 aliphatic heterocycles. The van der Waals surface area contributed by atoms with Gasteiger partial charge in [-0.1, -0.05) is 36.4 Å². The first-order chi connectivity index (χ1) is 12.0. The standard InChI is InChI=1S/C20H20O5/c1-14(21)24-19-10-5-4-9-18(19)20(25-15(2)22)12-11-16-7-6-8-17(13-16)23-3/h4-13,20H,1-3H3/b12-11+. The van der Waals surface area contributed by atoms with Gasteiger partial charge in [0.15, 0.2) is 0 Å². The van der Waals surface area contributed by atoms with E-state index in [1.807, 2.05) is 30.3 Å². The van der Waals surface area contributed by atoms with Gasteiger partial charge in [0, 0.05) is 19.4 Å². The molecule has 2 aromatic carbocycles. The van der Waals surface area contributed by atoms with Crippen LogP contribution in [0.15, 0.2) is 54.6 Å². The Morgan fingerprint density at radius 3 is 2.44 bits per heavy atom. The third kappa shape index (κ3) is 5.49. The molecule has 0 amide bonds. The van der Waals surface area contributed by atoms with Crippen molar-refractivity contribution in [3.05, 3.63) is 65.7 Å². The number of carbonyl (C=O) groups is 2. The third-order valence-electron chi connectivity index (χ3n) is 3.33. The van der Waals surface area contributed by atoms with E-state index in [0.29, 0.717) is 11.3 Å². The maximum Gasteiger partial charge on any atom is 0.308 e. The number of methoxy groups -OCH3 is 1. The fourth-order valence-electron chi connectivity index (χ4n) is 2.29. The van der Waals surface area contributed by atoms with Gasteiger partial charge in [-0.25, -0.2) is 0 Å². The number of benzene rings is 2. The maximum absolute atomic E-state index is 11.5. The van der Waals surface area contributed by atoms with Crippen LogP contribution in [0.4, 0.5) is 0 Å². The zero-order chi connectivity index (χ0) is 18.2. The Morgan fingerprint density at radius 2 is 1.76 bits per heavy atom. The number of carbonyl (C=O) groups excluding carboxylic acids is 2. The summed E-state index contributed by atoms with van der Waals surface area (Å²) in [6.45, 7) is 2.66. The minimum absolute atomic E-state index is 0.358. The van der Waals surface area contributed by atoms with Crippen molar-refractivity contribution in [1.82, 2.24) is 0 Å². The zero-order valence-electron chi connectivity index (χ0n) is 14.4. The molecule has 25 heavy (non-hydrogen) atoms. The Morgan fingerprint density at radius 1 is 1.00 bits per heavy atom. The van der Waals surface area contributed by atoms with E-state index < -0.39 is 18.0 Å². The van der Waals surface area contributed by atoms with Crippen LogP contribution in [0.1, 0.15) is 31.1 Å². The topological polar surface area (TPSA) is 61.8 Å². The van der Waals surface area contributed by atoms with Crippen molar-refractivity contribution in [1.29, 1.82) is 0 Å². The van der Waals surface area contributed by atoms with Crippen molar-refractivity contribution in [2.45, 2.75) is 20.0 Å². The summed E-state index contributed by atoms with van der Waals surface area (Å²) in [4.78, 5) is 22.8. The van der Waals surface area contributed by atoms with E-state index in [1.54, 1.807) is 37.5 Å². The number of para-hydroxylation sites is 1. The average Bonchev–Trinajstić information content (AvgIpc) is 2.58. The van der Waals surface area contributed by atoms with Crippen LogP contribution in [0.2, 0.25) is 0 Å². The van der Waals surface area contributed by atoms with Gasteiger partial charge in [0.25, 0.3) is 0 Å². The van der Waals surface area contributed by atoms with Gasteiger partial charge in [-0.05, 0) is 29.8 Å². The monoisotopic (exact) mass is 340 g/mol. The van der Waals surface area contributed by atoms with Crippen molar-refractivity contribution in [2.24, 2.45) is 0 Å². The van der Waals surface area contributed by atoms with E-state index >= 15 is 0 Å². The van der Waals surface area contributed by atoms with Gasteiger partial charge in [0.2, 0.25) is 0 Å². The first-order valence-corrected chi connectivity index (χ1v) is 7.76. The Labute approximate surface area is 146 Å². The summed E-state index contributed by atoms with van der Waals surface area (Å²) in [6, 6.07) is 14.4. The second-order valence-electron chi connectivity index (χ2n) is 5.30. The molecule has 0 radical (unpaired) electrons. The molecule has 0 spiro atoms. The predicted octanol–water partition coefficient (Wildman–Crippen LogP) is 3.94. The minimum atomic E-state index is -0.681. The maximum atomic E-state index is 11.5. The largest absolute Gasteiger partial charge is 0.497 e. The second kappa shape index (κ2) is 8.68. The zero-order valence-corrected chi connectivity index (χ0v) is 14.4. The van der Waals surface area contributed by atoms with Gasteiger partial charge in [-0.2, -0.15) is 0 Å². The summed E-state index contributed by atoms with van der Waals surface area (Å²) in [7, 11) is 1.60. The molecule has 1 unspecified atom stereocenters. The molecular weight excluding hydrogens is 320 g/mol. The molecule has 0 heterocycles. The molecular formula is C20H20O5. The smallest absolute Gasteiger partial charge is 0.308 e. The Hall–Kier alpha value is -3.08. The molecule has 0 saturated heterocycles. The Balaban J connectivity index is 2.34. The van der Waals surface area contributed by atoms with Crippen molar-refractivity contribution in [3.63, 3.8) is 0 Å². The second-order valence-corrected chi connectivity index (χ2v) is 5.30. The van der Waals surface area contributed by atoms with Crippen molar-refractivity contribution >= 4 is 18.0 Å². The highest BCUT2D eigenvalue weighted by Gasteiger charge is 2.17. The first-order valence-electron chi connectivity index (χ1n) is 7.76. The predicted molar refractivity (Wildman–Crippen MR) is 94.3 cm³/mol. The van der Waals surface area contributed by atoms with E-state index in [4.69, 9.17) is 14.2 Å². The molecule has 0 saturated carbocycles. The highest BCUT2D eigenvalue weighted by Crippen LogP contribution is 2.30. The van der Waals surface area contributed by atoms with E-state index in [2.05, 4.69) is 0 Å². The molecule has 0 N–H and O–H groups in total. The van der Waals surface area contributed by atoms with Crippen molar-refractivity contribution in [2.75, 3.05) is 7.11 Å². The van der Waals surface area contributed by atoms with E-state index in [-0.39, 0.29) is 0 Å². The van der Waals surface area contributed by atoms with Crippen LogP contribution in [0.3, 0.4) is 0 Å². The minimum Gasteiger partial charge on any atom is -0.497 e. The Kier molecular flexibility index (Phi) is 6.34. The first kappa shape index (κ1) is 18.3. The van der Waals surface area contributed by atoms with Crippen LogP contribution in [-0.2, 0) is 14.3 Å². The SMILES string of the molecule is COc1cccc(/C=C/C(OC(C)=O)c2ccccc2OC(C)=O)c1. The van der Waals surface area contributed by atoms with E-state index in [0.717, 1.165) is 11.3 Å². The quantitative estimate of drug-likeness (QED) is 0.589. The summed E-state index contributed by atoms with van der Waals surface area (Å²) >= 11 is 0. The van der Waals surface area contributed by atoms with Crippen LogP contribution in [-0.4, -0.2) is 19.0 Å². The van der Waals surface area contributed by atoms with E-state index in [9.17, 15) is 9.59 Å². The molecule has 0 aromatic heterocycles. The molecule has 5 heteroatoms. The van der Waals surface area contributed by atoms with Gasteiger partial charge in [0.1, 0.15) is 17.6 Å². The van der Waals surface area contributed by atoms with Gasteiger partial charge in [0.05, 0.1) is 7.11 Å². The lowest BCUT2D eigenvalue weighted by atomic mass is 10.1. The number of ether oxygens (including phenoxy) is 3. The number of hydrogen-bond acceptors (Lipinski definition) is 5. The van der Waals surface area contributed by atoms with Crippen LogP contribution in [0.5, 0.6) is 11.5 Å². The number of hydrogen-bond donors (Lipinski definition) is 0. The number of esters is 2. The molecule has 2 aromatic rings. The lowest BCUT2D eigenvalue weighted by Gasteiger charge is -2.17. The van der Waals surface area contributed by atoms with Crippen LogP contribution < -0.4 is 9.47 Å². The van der Waals surface area contributed by atoms with Crippen molar-refractivity contribution in [3.8, 4) is 11.5 Å². The normalized spacial score (nSPS) is 11.8. The fourth-order valence-corrected chi connectivity index (χ4v) is 2.29. The van der Waals surface area contributed by atoms with E-state index in [1.165, 1.54) is 13.8 Å². The average molecular weight is 340 g/mol. The highest BCUT2D eigenvalue weighted by atomic mass is 16.6. The highest BCUT2D eigenvalue weighted by molar-refractivity contribution is 5.70. The van der Waals surface area contributed by atoms with Gasteiger partial charge in [-0.3, -0.25) is 9.59 Å². The fraction of sp³-hybridized carbons (Fsp3) is 0.200. The Bertz CT molecular complexity index is 779. The van der Waals surface area contributed by atoms with Gasteiger partial charge < -0.3 is 14.2 Å². The molecule has 0 aliphatic rings. The summed E-state index contributed by atoms with van der Waals surface area (Å²) in [5.41, 5.74) is 1.48. The number of rotatable bonds is 6. The van der Waals surface area contributed by atoms with Crippen LogP contribution in [0, 0.1) is 0 Å². The van der Waals surface area contributed by atoms with Gasteiger partial charge in [-0.15, -0.1) is 0 Å². The molecule has 1 atom stereocenters. The lowest BCUT2D eigenvalue weighted by molar-refractivity contribution is -0.144. The summed E-state index contributed by atoms with van der Waals surface area (Å²) < 4.78 is 15.8. The molecule has 5 nitrogen and oxygen atoms in total. The third-order valence-corrected chi connectivity index (χ3v) is 3.33. The molecule has 2 rings (SSSR count). The molecule has 0 aliphatic carbocycles. The van der Waals surface area contributed by atoms with Gasteiger partial charge >= 0.3 is 11.9 Å². The summed E-state index contributed by atoms with van der Waals surface area (Å²) in [6.07, 6.45) is 2.87. The molecule has 0 bridgehead atoms. The summed E-state index contributed by atoms with van der Waals surface area (Å²) in [5, 5.41) is 0. The molecule has 130 valence electrons. The summed E-state index contributed by atoms with van der Waals surface area (Å²) in [5.74, 6) is 0.215. The lowest BCUT2D eigenvalue weighted by Crippen LogP contribution is -2.10. The van der Waals surface area contributed by atoms with Crippen LogP contribution in [0.25, 0.3) is 6.08 Å². The molecule has 0 fully saturated rings.